The quantitative estimate of drug-likeness (QED) is 0.652. The Morgan fingerprint density at radius 3 is 2.64 bits per heavy atom. The van der Waals surface area contributed by atoms with Crippen LogP contribution in [0.1, 0.15) is 68.9 Å². The van der Waals surface area contributed by atoms with Crippen LogP contribution >= 0.6 is 0 Å². The van der Waals surface area contributed by atoms with Crippen molar-refractivity contribution in [2.75, 3.05) is 26.3 Å². The number of nitrogens with zero attached hydrogens (tertiary/aromatic N) is 5. The Bertz CT molecular complexity index is 1210. The van der Waals surface area contributed by atoms with Gasteiger partial charge in [-0.2, -0.15) is 0 Å². The molecule has 9 nitrogen and oxygen atoms in total. The van der Waals surface area contributed by atoms with Gasteiger partial charge in [0, 0.05) is 23.6 Å². The molecular formula is C24H30N6O3. The highest BCUT2D eigenvalue weighted by molar-refractivity contribution is 5.83. The third-order valence-corrected chi connectivity index (χ3v) is 7.32. The molecule has 2 atom stereocenters. The fourth-order valence-electron chi connectivity index (χ4n) is 5.71. The summed E-state index contributed by atoms with van der Waals surface area (Å²) in [5, 5.41) is 13.9. The summed E-state index contributed by atoms with van der Waals surface area (Å²) in [7, 11) is 0. The smallest absolute Gasteiger partial charge is 0.253 e. The molecule has 1 saturated heterocycles. The van der Waals surface area contributed by atoms with Crippen LogP contribution in [0.25, 0.3) is 10.9 Å². The zero-order valence-electron chi connectivity index (χ0n) is 19.0. The van der Waals surface area contributed by atoms with Gasteiger partial charge in [-0.25, -0.2) is 4.68 Å². The van der Waals surface area contributed by atoms with Crippen molar-refractivity contribution in [2.45, 2.75) is 57.5 Å². The van der Waals surface area contributed by atoms with Crippen LogP contribution < -0.4 is 15.0 Å². The van der Waals surface area contributed by atoms with Crippen molar-refractivity contribution in [3.8, 4) is 11.5 Å². The van der Waals surface area contributed by atoms with E-state index in [0.717, 1.165) is 49.1 Å². The van der Waals surface area contributed by atoms with E-state index < -0.39 is 0 Å². The highest BCUT2D eigenvalue weighted by Crippen LogP contribution is 2.37. The number of likely N-dealkylation sites (tertiary alicyclic amines) is 1. The van der Waals surface area contributed by atoms with Gasteiger partial charge in [0.25, 0.3) is 5.56 Å². The van der Waals surface area contributed by atoms with E-state index in [1.165, 1.54) is 19.3 Å². The lowest BCUT2D eigenvalue weighted by atomic mass is 9.95. The minimum absolute atomic E-state index is 0.108. The Balaban J connectivity index is 1.49. The van der Waals surface area contributed by atoms with Gasteiger partial charge in [-0.1, -0.05) is 19.8 Å². The molecule has 2 aromatic heterocycles. The maximum Gasteiger partial charge on any atom is 0.253 e. The van der Waals surface area contributed by atoms with Crippen molar-refractivity contribution in [1.29, 1.82) is 0 Å². The molecule has 0 radical (unpaired) electrons. The van der Waals surface area contributed by atoms with Crippen molar-refractivity contribution in [1.82, 2.24) is 30.1 Å². The minimum Gasteiger partial charge on any atom is -0.486 e. The Morgan fingerprint density at radius 1 is 1.06 bits per heavy atom. The first kappa shape index (κ1) is 20.7. The minimum atomic E-state index is -0.287. The van der Waals surface area contributed by atoms with E-state index in [9.17, 15) is 4.79 Å². The van der Waals surface area contributed by atoms with E-state index in [0.29, 0.717) is 42.2 Å². The lowest BCUT2D eigenvalue weighted by Gasteiger charge is -2.36. The van der Waals surface area contributed by atoms with E-state index in [4.69, 9.17) is 9.47 Å². The van der Waals surface area contributed by atoms with Crippen LogP contribution in [0.15, 0.2) is 23.0 Å². The number of pyridine rings is 1. The summed E-state index contributed by atoms with van der Waals surface area (Å²) < 4.78 is 13.5. The third-order valence-electron chi connectivity index (χ3n) is 7.32. The van der Waals surface area contributed by atoms with Crippen LogP contribution in [0.2, 0.25) is 0 Å². The molecule has 3 aromatic rings. The summed E-state index contributed by atoms with van der Waals surface area (Å²) in [6, 6.07) is 5.82. The standard InChI is InChI=1S/C24H30N6O3/c1-15-5-4-8-29(14-15)22(23-26-27-28-30(23)17-6-2-3-7-17)18-11-16-12-20-21(33-10-9-32-20)13-19(16)25-24(18)31/h11-13,15,17,22H,2-10,14H2,1H3,(H,25,31)/t15-,22+/m1/s1. The normalized spacial score (nSPS) is 22.6. The molecule has 2 fully saturated rings. The van der Waals surface area contributed by atoms with E-state index in [1.807, 2.05) is 22.9 Å². The Kier molecular flexibility index (Phi) is 5.28. The van der Waals surface area contributed by atoms with Gasteiger partial charge in [-0.05, 0) is 60.7 Å². The Hall–Kier alpha value is -2.94. The monoisotopic (exact) mass is 450 g/mol. The van der Waals surface area contributed by atoms with Gasteiger partial charge in [-0.15, -0.1) is 5.10 Å². The summed E-state index contributed by atoms with van der Waals surface area (Å²) >= 11 is 0. The van der Waals surface area contributed by atoms with E-state index in [1.54, 1.807) is 0 Å². The zero-order valence-corrected chi connectivity index (χ0v) is 19.0. The SMILES string of the molecule is C[C@@H]1CCCN([C@@H](c2cc3cc4c(cc3[nH]c2=O)OCCO4)c2nnnn2C2CCCC2)C1. The van der Waals surface area contributed by atoms with Gasteiger partial charge in [0.05, 0.1) is 11.6 Å². The highest BCUT2D eigenvalue weighted by Gasteiger charge is 2.35. The number of rotatable bonds is 4. The number of benzene rings is 1. The summed E-state index contributed by atoms with van der Waals surface area (Å²) in [5.41, 5.74) is 1.32. The molecule has 2 aliphatic heterocycles. The number of fused-ring (bicyclic) bond motifs is 2. The lowest BCUT2D eigenvalue weighted by molar-refractivity contribution is 0.139. The molecule has 9 heteroatoms. The average Bonchev–Trinajstić information content (AvgIpc) is 3.51. The van der Waals surface area contributed by atoms with Gasteiger partial charge < -0.3 is 14.5 Å². The van der Waals surface area contributed by atoms with Gasteiger partial charge in [0.15, 0.2) is 17.3 Å². The fraction of sp³-hybridized carbons (Fsp3) is 0.583. The number of hydrogen-bond donors (Lipinski definition) is 1. The van der Waals surface area contributed by atoms with Crippen molar-refractivity contribution < 1.29 is 9.47 Å². The van der Waals surface area contributed by atoms with Crippen LogP contribution in [-0.4, -0.2) is 56.4 Å². The molecule has 4 heterocycles. The number of aromatic nitrogens is 5. The molecule has 0 unspecified atom stereocenters. The van der Waals surface area contributed by atoms with Crippen molar-refractivity contribution in [3.05, 3.63) is 39.9 Å². The second-order valence-corrected chi connectivity index (χ2v) is 9.70. The molecule has 6 rings (SSSR count). The van der Waals surface area contributed by atoms with Gasteiger partial charge in [-0.3, -0.25) is 9.69 Å². The molecule has 1 N–H and O–H groups in total. The largest absolute Gasteiger partial charge is 0.486 e. The Morgan fingerprint density at radius 2 is 1.85 bits per heavy atom. The number of H-pyrrole nitrogens is 1. The van der Waals surface area contributed by atoms with E-state index >= 15 is 0 Å². The van der Waals surface area contributed by atoms with Crippen LogP contribution in [-0.2, 0) is 0 Å². The molecule has 3 aliphatic rings. The molecule has 0 bridgehead atoms. The first-order chi connectivity index (χ1) is 16.2. The molecule has 0 spiro atoms. The van der Waals surface area contributed by atoms with Gasteiger partial charge in [0.1, 0.15) is 19.3 Å². The third kappa shape index (κ3) is 3.78. The summed E-state index contributed by atoms with van der Waals surface area (Å²) in [6.45, 7) is 5.16. The number of ether oxygens (including phenoxy) is 2. The number of nitrogens with one attached hydrogen (secondary N) is 1. The zero-order chi connectivity index (χ0) is 22.4. The number of piperidine rings is 1. The van der Waals surface area contributed by atoms with Crippen molar-refractivity contribution >= 4 is 10.9 Å². The maximum atomic E-state index is 13.5. The first-order valence-corrected chi connectivity index (χ1v) is 12.2. The topological polar surface area (TPSA) is 98.2 Å². The second kappa shape index (κ2) is 8.44. The molecular weight excluding hydrogens is 420 g/mol. The van der Waals surface area contributed by atoms with E-state index in [2.05, 4.69) is 32.3 Å². The van der Waals surface area contributed by atoms with E-state index in [-0.39, 0.29) is 11.6 Å². The summed E-state index contributed by atoms with van der Waals surface area (Å²) in [4.78, 5) is 18.9. The van der Waals surface area contributed by atoms with Crippen molar-refractivity contribution in [3.63, 3.8) is 0 Å². The molecule has 1 saturated carbocycles. The first-order valence-electron chi connectivity index (χ1n) is 12.2. The molecule has 1 aromatic carbocycles. The fourth-order valence-corrected chi connectivity index (χ4v) is 5.71. The second-order valence-electron chi connectivity index (χ2n) is 9.70. The summed E-state index contributed by atoms with van der Waals surface area (Å²) in [6.07, 6.45) is 6.86. The predicted molar refractivity (Wildman–Crippen MR) is 123 cm³/mol. The Labute approximate surface area is 192 Å². The molecule has 1 aliphatic carbocycles. The number of hydrogen-bond acceptors (Lipinski definition) is 7. The van der Waals surface area contributed by atoms with Crippen molar-refractivity contribution in [2.24, 2.45) is 5.92 Å². The number of aromatic amines is 1. The van der Waals surface area contributed by atoms with Crippen LogP contribution in [0.3, 0.4) is 0 Å². The number of tetrazole rings is 1. The molecule has 0 amide bonds. The molecule has 174 valence electrons. The van der Waals surface area contributed by atoms with Gasteiger partial charge in [0.2, 0.25) is 0 Å². The van der Waals surface area contributed by atoms with Gasteiger partial charge >= 0.3 is 0 Å². The molecule has 33 heavy (non-hydrogen) atoms. The summed E-state index contributed by atoms with van der Waals surface area (Å²) in [5.74, 6) is 2.72. The van der Waals surface area contributed by atoms with Crippen LogP contribution in [0.4, 0.5) is 0 Å². The lowest BCUT2D eigenvalue weighted by Crippen LogP contribution is -2.41. The van der Waals surface area contributed by atoms with Crippen LogP contribution in [0, 0.1) is 5.92 Å². The predicted octanol–water partition coefficient (Wildman–Crippen LogP) is 3.22. The maximum absolute atomic E-state index is 13.5. The average molecular weight is 451 g/mol. The highest BCUT2D eigenvalue weighted by atomic mass is 16.6. The van der Waals surface area contributed by atoms with Crippen LogP contribution in [0.5, 0.6) is 11.5 Å².